The van der Waals surface area contributed by atoms with Gasteiger partial charge in [-0.1, -0.05) is 23.9 Å². The lowest BCUT2D eigenvalue weighted by atomic mass is 9.97. The number of aromatic nitrogens is 4. The van der Waals surface area contributed by atoms with Crippen molar-refractivity contribution in [2.45, 2.75) is 50.4 Å². The number of H-pyrrole nitrogens is 1. The highest BCUT2D eigenvalue weighted by Crippen LogP contribution is 2.34. The Hall–Kier alpha value is -2.36. The fourth-order valence-electron chi connectivity index (χ4n) is 4.42. The summed E-state index contributed by atoms with van der Waals surface area (Å²) >= 11 is 3.27. The molecule has 0 amide bonds. The van der Waals surface area contributed by atoms with Gasteiger partial charge in [-0.2, -0.15) is 0 Å². The molecule has 168 valence electrons. The molecule has 0 fully saturated rings. The van der Waals surface area contributed by atoms with Crippen molar-refractivity contribution in [2.75, 3.05) is 19.5 Å². The molecule has 5 rings (SSSR count). The normalized spacial score (nSPS) is 13.8. The maximum atomic E-state index is 13.4. The van der Waals surface area contributed by atoms with Crippen LogP contribution in [0.25, 0.3) is 21.3 Å². The average molecular weight is 471 g/mol. The van der Waals surface area contributed by atoms with Crippen molar-refractivity contribution in [1.29, 1.82) is 0 Å². The minimum atomic E-state index is -0.0862. The molecular weight excluding hydrogens is 444 g/mol. The number of hydrogen-bond acceptors (Lipinski definition) is 6. The maximum Gasteiger partial charge on any atom is 0.326 e. The lowest BCUT2D eigenvalue weighted by molar-refractivity contribution is 0.183. The van der Waals surface area contributed by atoms with E-state index in [-0.39, 0.29) is 11.2 Å². The largest absolute Gasteiger partial charge is 0.383 e. The highest BCUT2D eigenvalue weighted by molar-refractivity contribution is 7.99. The Balaban J connectivity index is 1.38. The van der Waals surface area contributed by atoms with Crippen LogP contribution in [0.15, 0.2) is 39.0 Å². The fraction of sp³-hybridized carbons (Fsp3) is 0.435. The summed E-state index contributed by atoms with van der Waals surface area (Å²) in [6, 6.07) is 7.73. The van der Waals surface area contributed by atoms with Gasteiger partial charge in [-0.05, 0) is 49.8 Å². The van der Waals surface area contributed by atoms with Crippen molar-refractivity contribution in [3.05, 3.63) is 55.5 Å². The Kier molecular flexibility index (Phi) is 6.21. The first kappa shape index (κ1) is 21.5. The molecule has 0 saturated heterocycles. The zero-order valence-corrected chi connectivity index (χ0v) is 19.7. The zero-order valence-electron chi connectivity index (χ0n) is 18.1. The van der Waals surface area contributed by atoms with Crippen LogP contribution in [0.2, 0.25) is 0 Å². The maximum absolute atomic E-state index is 13.4. The van der Waals surface area contributed by atoms with Gasteiger partial charge in [0.05, 0.1) is 29.6 Å². The van der Waals surface area contributed by atoms with Gasteiger partial charge < -0.3 is 9.72 Å². The number of aryl methyl sites for hydroxylation is 3. The Morgan fingerprint density at radius 3 is 2.88 bits per heavy atom. The molecule has 0 aliphatic heterocycles. The van der Waals surface area contributed by atoms with Gasteiger partial charge >= 0.3 is 5.69 Å². The van der Waals surface area contributed by atoms with E-state index in [0.29, 0.717) is 19.7 Å². The Morgan fingerprint density at radius 2 is 2.00 bits per heavy atom. The van der Waals surface area contributed by atoms with Gasteiger partial charge in [0.15, 0.2) is 5.16 Å². The van der Waals surface area contributed by atoms with Gasteiger partial charge in [0.25, 0.3) is 5.56 Å². The van der Waals surface area contributed by atoms with E-state index >= 15 is 0 Å². The number of benzene rings is 1. The Bertz CT molecular complexity index is 1380. The van der Waals surface area contributed by atoms with Gasteiger partial charge in [-0.3, -0.25) is 13.9 Å². The van der Waals surface area contributed by atoms with Crippen LogP contribution in [0.5, 0.6) is 0 Å². The fourth-order valence-corrected chi connectivity index (χ4v) is 6.68. The van der Waals surface area contributed by atoms with Crippen LogP contribution in [0.4, 0.5) is 0 Å². The molecule has 0 bridgehead atoms. The number of thiophene rings is 1. The second-order valence-electron chi connectivity index (χ2n) is 8.04. The van der Waals surface area contributed by atoms with Crippen LogP contribution in [-0.2, 0) is 30.7 Å². The highest BCUT2D eigenvalue weighted by atomic mass is 32.2. The topological polar surface area (TPSA) is 81.9 Å². The zero-order chi connectivity index (χ0) is 22.1. The number of methoxy groups -OCH3 is 1. The summed E-state index contributed by atoms with van der Waals surface area (Å²) in [7, 11) is 1.65. The number of aromatic amines is 1. The van der Waals surface area contributed by atoms with Gasteiger partial charge in [-0.25, -0.2) is 9.78 Å². The minimum absolute atomic E-state index is 0.0572. The van der Waals surface area contributed by atoms with Crippen molar-refractivity contribution in [2.24, 2.45) is 0 Å². The predicted molar refractivity (Wildman–Crippen MR) is 130 cm³/mol. The van der Waals surface area contributed by atoms with Crippen molar-refractivity contribution in [3.63, 3.8) is 0 Å². The Labute approximate surface area is 193 Å². The van der Waals surface area contributed by atoms with E-state index in [0.717, 1.165) is 57.8 Å². The van der Waals surface area contributed by atoms with Gasteiger partial charge in [0.2, 0.25) is 0 Å². The number of ether oxygens (including phenoxy) is 1. The first-order chi connectivity index (χ1) is 15.7. The van der Waals surface area contributed by atoms with Crippen LogP contribution in [-0.4, -0.2) is 38.6 Å². The average Bonchev–Trinajstić information content (AvgIpc) is 3.33. The number of nitrogens with one attached hydrogen (secondary N) is 1. The summed E-state index contributed by atoms with van der Waals surface area (Å²) in [6.07, 6.45) is 5.15. The van der Waals surface area contributed by atoms with Gasteiger partial charge in [0.1, 0.15) is 4.83 Å². The first-order valence-corrected chi connectivity index (χ1v) is 12.8. The smallest absolute Gasteiger partial charge is 0.326 e. The lowest BCUT2D eigenvalue weighted by Crippen LogP contribution is -2.25. The number of para-hydroxylation sites is 2. The molecule has 3 heterocycles. The summed E-state index contributed by atoms with van der Waals surface area (Å²) in [5.74, 6) is 0.766. The molecule has 0 radical (unpaired) electrons. The van der Waals surface area contributed by atoms with Crippen LogP contribution < -0.4 is 11.2 Å². The van der Waals surface area contributed by atoms with E-state index in [1.807, 2.05) is 24.3 Å². The van der Waals surface area contributed by atoms with Crippen molar-refractivity contribution < 1.29 is 4.74 Å². The van der Waals surface area contributed by atoms with E-state index in [1.54, 1.807) is 39.3 Å². The summed E-state index contributed by atoms with van der Waals surface area (Å²) in [4.78, 5) is 35.7. The molecule has 3 aromatic heterocycles. The molecule has 0 saturated carbocycles. The van der Waals surface area contributed by atoms with E-state index < -0.39 is 0 Å². The monoisotopic (exact) mass is 470 g/mol. The summed E-state index contributed by atoms with van der Waals surface area (Å²) in [6.45, 7) is 1.58. The molecule has 1 aliphatic rings. The lowest BCUT2D eigenvalue weighted by Gasteiger charge is -2.13. The second-order valence-corrected chi connectivity index (χ2v) is 10.2. The molecular formula is C23H26N4O3S2. The summed E-state index contributed by atoms with van der Waals surface area (Å²) in [5.41, 5.74) is 2.96. The first-order valence-electron chi connectivity index (χ1n) is 11.0. The van der Waals surface area contributed by atoms with Gasteiger partial charge in [0, 0.05) is 24.3 Å². The molecule has 0 atom stereocenters. The third-order valence-electron chi connectivity index (χ3n) is 6.00. The molecule has 0 spiro atoms. The predicted octanol–water partition coefficient (Wildman–Crippen LogP) is 3.81. The van der Waals surface area contributed by atoms with Gasteiger partial charge in [-0.15, -0.1) is 11.3 Å². The number of hydrogen-bond donors (Lipinski definition) is 1. The number of nitrogens with zero attached hydrogens (tertiary/aromatic N) is 3. The van der Waals surface area contributed by atoms with E-state index in [4.69, 9.17) is 9.72 Å². The van der Waals surface area contributed by atoms with Crippen LogP contribution in [0, 0.1) is 0 Å². The molecule has 1 aliphatic carbocycles. The van der Waals surface area contributed by atoms with E-state index in [9.17, 15) is 9.59 Å². The second kappa shape index (κ2) is 9.25. The summed E-state index contributed by atoms with van der Waals surface area (Å²) < 4.78 is 8.80. The minimum Gasteiger partial charge on any atom is -0.383 e. The number of fused-ring (bicyclic) bond motifs is 4. The molecule has 1 N–H and O–H groups in total. The van der Waals surface area contributed by atoms with Crippen molar-refractivity contribution in [1.82, 2.24) is 19.1 Å². The molecule has 0 unspecified atom stereocenters. The number of rotatable bonds is 8. The quantitative estimate of drug-likeness (QED) is 0.241. The number of thioether (sulfide) groups is 1. The molecule has 1 aromatic carbocycles. The molecule has 32 heavy (non-hydrogen) atoms. The van der Waals surface area contributed by atoms with Crippen molar-refractivity contribution >= 4 is 44.3 Å². The van der Waals surface area contributed by atoms with E-state index in [2.05, 4.69) is 4.98 Å². The third kappa shape index (κ3) is 3.93. The molecule has 9 heteroatoms. The van der Waals surface area contributed by atoms with E-state index in [1.165, 1.54) is 16.9 Å². The van der Waals surface area contributed by atoms with Crippen LogP contribution in [0.3, 0.4) is 0 Å². The molecule has 4 aromatic rings. The van der Waals surface area contributed by atoms with Crippen LogP contribution in [0.1, 0.15) is 29.7 Å². The third-order valence-corrected chi connectivity index (χ3v) is 8.25. The Morgan fingerprint density at radius 1 is 1.16 bits per heavy atom. The number of imidazole rings is 1. The summed E-state index contributed by atoms with van der Waals surface area (Å²) in [5, 5.41) is 1.56. The highest BCUT2D eigenvalue weighted by Gasteiger charge is 2.22. The van der Waals surface area contributed by atoms with Crippen molar-refractivity contribution in [3.8, 4) is 0 Å². The molecule has 7 nitrogen and oxygen atoms in total. The standard InChI is InChI=1S/C23H26N4O3S2/c1-30-13-12-27-21(28)19-15-7-2-5-10-18(15)32-20(19)25-23(27)31-14-6-11-26-17-9-4-3-8-16(17)24-22(26)29/h3-4,8-9H,2,5-7,10-14H2,1H3,(H,24,29). The van der Waals surface area contributed by atoms with Crippen LogP contribution >= 0.6 is 23.1 Å². The SMILES string of the molecule is COCCn1c(SCCCn2c(=O)[nH]c3ccccc32)nc2sc3c(c2c1=O)CCCC3.